The number of rotatable bonds is 4. The third-order valence-electron chi connectivity index (χ3n) is 2.58. The molecule has 0 fully saturated rings. The van der Waals surface area contributed by atoms with Crippen LogP contribution in [0.1, 0.15) is 11.3 Å². The van der Waals surface area contributed by atoms with Crippen molar-refractivity contribution in [2.24, 2.45) is 0 Å². The lowest BCUT2D eigenvalue weighted by Gasteiger charge is -2.07. The van der Waals surface area contributed by atoms with Crippen LogP contribution in [0.5, 0.6) is 5.75 Å². The molecule has 0 saturated heterocycles. The van der Waals surface area contributed by atoms with Crippen molar-refractivity contribution in [3.05, 3.63) is 53.9 Å². The van der Waals surface area contributed by atoms with Gasteiger partial charge in [-0.1, -0.05) is 6.07 Å². The van der Waals surface area contributed by atoms with Crippen LogP contribution < -0.4 is 4.74 Å². The smallest absolute Gasteiger partial charge is 0.175 e. The van der Waals surface area contributed by atoms with Crippen LogP contribution in [-0.2, 0) is 16.4 Å². The van der Waals surface area contributed by atoms with E-state index in [9.17, 15) is 8.42 Å². The third-order valence-corrected chi connectivity index (χ3v) is 3.69. The minimum Gasteiger partial charge on any atom is -0.489 e. The first-order valence-electron chi connectivity index (χ1n) is 5.77. The van der Waals surface area contributed by atoms with Crippen LogP contribution in [0.25, 0.3) is 0 Å². The zero-order chi connectivity index (χ0) is 14.6. The van der Waals surface area contributed by atoms with Gasteiger partial charge in [0, 0.05) is 12.5 Å². The van der Waals surface area contributed by atoms with E-state index < -0.39 is 9.84 Å². The monoisotopic (exact) mass is 288 g/mol. The highest BCUT2D eigenvalue weighted by molar-refractivity contribution is 7.90. The van der Waals surface area contributed by atoms with Gasteiger partial charge in [0.25, 0.3) is 0 Å². The van der Waals surface area contributed by atoms with Gasteiger partial charge >= 0.3 is 0 Å². The molecule has 0 spiro atoms. The third kappa shape index (κ3) is 3.56. The lowest BCUT2D eigenvalue weighted by molar-refractivity contribution is 0.305. The Labute approximate surface area is 117 Å². The molecular weight excluding hydrogens is 276 g/mol. The van der Waals surface area contributed by atoms with Crippen LogP contribution in [0.3, 0.4) is 0 Å². The van der Waals surface area contributed by atoms with Crippen molar-refractivity contribution >= 4 is 9.84 Å². The second-order valence-electron chi connectivity index (χ2n) is 4.20. The van der Waals surface area contributed by atoms with Crippen molar-refractivity contribution in [2.45, 2.75) is 11.5 Å². The number of benzene rings is 1. The number of hydrogen-bond acceptors (Lipinski definition) is 5. The van der Waals surface area contributed by atoms with Gasteiger partial charge in [-0.25, -0.2) is 13.4 Å². The van der Waals surface area contributed by atoms with E-state index in [1.807, 2.05) is 6.07 Å². The fourth-order valence-electron chi connectivity index (χ4n) is 1.59. The van der Waals surface area contributed by atoms with E-state index in [0.29, 0.717) is 11.4 Å². The normalized spacial score (nSPS) is 10.8. The van der Waals surface area contributed by atoms with Crippen LogP contribution in [0.4, 0.5) is 0 Å². The van der Waals surface area contributed by atoms with Gasteiger partial charge in [0.1, 0.15) is 24.1 Å². The molecule has 2 rings (SSSR count). The topological polar surface area (TPSA) is 80.1 Å². The second kappa shape index (κ2) is 5.72. The van der Waals surface area contributed by atoms with Crippen molar-refractivity contribution in [3.63, 3.8) is 0 Å². The summed E-state index contributed by atoms with van der Waals surface area (Å²) in [6, 6.07) is 11.6. The maximum atomic E-state index is 11.4. The SMILES string of the molecule is CS(=O)(=O)c1cccc(OCc2ccnc(C#N)c2)c1. The van der Waals surface area contributed by atoms with E-state index in [2.05, 4.69) is 4.98 Å². The zero-order valence-corrected chi connectivity index (χ0v) is 11.6. The maximum Gasteiger partial charge on any atom is 0.175 e. The molecule has 0 aliphatic carbocycles. The summed E-state index contributed by atoms with van der Waals surface area (Å²) < 4.78 is 28.4. The number of nitrogens with zero attached hydrogens (tertiary/aromatic N) is 2. The summed E-state index contributed by atoms with van der Waals surface area (Å²) in [7, 11) is -3.25. The Morgan fingerprint density at radius 1 is 1.30 bits per heavy atom. The lowest BCUT2D eigenvalue weighted by Crippen LogP contribution is -2.00. The standard InChI is InChI=1S/C14H12N2O3S/c1-20(17,18)14-4-2-3-13(8-14)19-10-11-5-6-16-12(7-11)9-15/h2-8H,10H2,1H3. The molecule has 0 aliphatic heterocycles. The summed E-state index contributed by atoms with van der Waals surface area (Å²) in [5, 5.41) is 8.75. The number of aromatic nitrogens is 1. The largest absolute Gasteiger partial charge is 0.489 e. The average Bonchev–Trinajstić information content (AvgIpc) is 2.45. The minimum absolute atomic E-state index is 0.211. The highest BCUT2D eigenvalue weighted by Gasteiger charge is 2.08. The van der Waals surface area contributed by atoms with Crippen LogP contribution >= 0.6 is 0 Å². The van der Waals surface area contributed by atoms with Crippen LogP contribution in [0.2, 0.25) is 0 Å². The number of sulfone groups is 1. The summed E-state index contributed by atoms with van der Waals surface area (Å²) in [6.07, 6.45) is 2.68. The molecule has 0 unspecified atom stereocenters. The molecule has 6 heteroatoms. The molecule has 20 heavy (non-hydrogen) atoms. The van der Waals surface area contributed by atoms with Gasteiger partial charge in [0.2, 0.25) is 0 Å². The van der Waals surface area contributed by atoms with E-state index in [1.165, 1.54) is 18.3 Å². The van der Waals surface area contributed by atoms with E-state index in [4.69, 9.17) is 10.00 Å². The molecule has 1 aromatic carbocycles. The van der Waals surface area contributed by atoms with Crippen molar-refractivity contribution < 1.29 is 13.2 Å². The number of ether oxygens (including phenoxy) is 1. The maximum absolute atomic E-state index is 11.4. The highest BCUT2D eigenvalue weighted by atomic mass is 32.2. The van der Waals surface area contributed by atoms with Crippen molar-refractivity contribution in [1.82, 2.24) is 4.98 Å². The summed E-state index contributed by atoms with van der Waals surface area (Å²) >= 11 is 0. The number of pyridine rings is 1. The molecule has 5 nitrogen and oxygen atoms in total. The predicted molar refractivity (Wildman–Crippen MR) is 72.8 cm³/mol. The van der Waals surface area contributed by atoms with Gasteiger partial charge in [-0.15, -0.1) is 0 Å². The van der Waals surface area contributed by atoms with Crippen molar-refractivity contribution in [2.75, 3.05) is 6.26 Å². The Bertz CT molecular complexity index is 764. The molecule has 0 saturated carbocycles. The van der Waals surface area contributed by atoms with Crippen molar-refractivity contribution in [3.8, 4) is 11.8 Å². The summed E-state index contributed by atoms with van der Waals surface area (Å²) in [6.45, 7) is 0.240. The summed E-state index contributed by atoms with van der Waals surface area (Å²) in [4.78, 5) is 4.07. The van der Waals surface area contributed by atoms with E-state index >= 15 is 0 Å². The second-order valence-corrected chi connectivity index (χ2v) is 6.21. The van der Waals surface area contributed by atoms with Gasteiger partial charge in [-0.3, -0.25) is 0 Å². The lowest BCUT2D eigenvalue weighted by atomic mass is 10.2. The molecule has 0 aliphatic rings. The predicted octanol–water partition coefficient (Wildman–Crippen LogP) is 1.94. The molecule has 1 heterocycles. The van der Waals surface area contributed by atoms with E-state index in [-0.39, 0.29) is 11.5 Å². The molecule has 0 radical (unpaired) electrons. The highest BCUT2D eigenvalue weighted by Crippen LogP contribution is 2.18. The Morgan fingerprint density at radius 2 is 2.10 bits per heavy atom. The minimum atomic E-state index is -3.25. The van der Waals surface area contributed by atoms with Gasteiger partial charge in [-0.2, -0.15) is 5.26 Å². The molecule has 2 aromatic rings. The van der Waals surface area contributed by atoms with Crippen LogP contribution in [0, 0.1) is 11.3 Å². The van der Waals surface area contributed by atoms with E-state index in [1.54, 1.807) is 24.3 Å². The Kier molecular flexibility index (Phi) is 4.01. The summed E-state index contributed by atoms with van der Waals surface area (Å²) in [5.41, 5.74) is 1.11. The fourth-order valence-corrected chi connectivity index (χ4v) is 2.24. The van der Waals surface area contributed by atoms with Crippen LogP contribution in [0.15, 0.2) is 47.5 Å². The molecule has 1 aromatic heterocycles. The molecule has 102 valence electrons. The zero-order valence-electron chi connectivity index (χ0n) is 10.8. The quantitative estimate of drug-likeness (QED) is 0.858. The van der Waals surface area contributed by atoms with Gasteiger partial charge < -0.3 is 4.74 Å². The number of nitriles is 1. The van der Waals surface area contributed by atoms with E-state index in [0.717, 1.165) is 11.8 Å². The fraction of sp³-hybridized carbons (Fsp3) is 0.143. The Morgan fingerprint density at radius 3 is 2.80 bits per heavy atom. The van der Waals surface area contributed by atoms with Crippen LogP contribution in [-0.4, -0.2) is 19.7 Å². The Hall–Kier alpha value is -2.39. The van der Waals surface area contributed by atoms with Crippen molar-refractivity contribution in [1.29, 1.82) is 5.26 Å². The Balaban J connectivity index is 2.13. The molecule has 0 atom stereocenters. The molecule has 0 bridgehead atoms. The van der Waals surface area contributed by atoms with Gasteiger partial charge in [0.05, 0.1) is 4.90 Å². The first-order chi connectivity index (χ1) is 9.49. The first kappa shape index (κ1) is 14.0. The molecule has 0 N–H and O–H groups in total. The van der Waals surface area contributed by atoms with Gasteiger partial charge in [0.15, 0.2) is 9.84 Å². The summed E-state index contributed by atoms with van der Waals surface area (Å²) in [5.74, 6) is 0.461. The van der Waals surface area contributed by atoms with Gasteiger partial charge in [-0.05, 0) is 35.9 Å². The average molecular weight is 288 g/mol. The molecule has 0 amide bonds. The first-order valence-corrected chi connectivity index (χ1v) is 7.66. The molecular formula is C14H12N2O3S. The number of hydrogen-bond donors (Lipinski definition) is 0.